The van der Waals surface area contributed by atoms with Crippen LogP contribution in [-0.2, 0) is 4.79 Å². The molecule has 5 nitrogen and oxygen atoms in total. The summed E-state index contributed by atoms with van der Waals surface area (Å²) in [5.74, 6) is -0.120. The highest BCUT2D eigenvalue weighted by molar-refractivity contribution is 5.97. The molecule has 1 atom stereocenters. The van der Waals surface area contributed by atoms with Crippen LogP contribution in [0.4, 0.5) is 5.69 Å². The molecule has 2 amide bonds. The van der Waals surface area contributed by atoms with Crippen molar-refractivity contribution in [2.75, 3.05) is 18.4 Å². The zero-order valence-electron chi connectivity index (χ0n) is 13.5. The first-order valence-electron chi connectivity index (χ1n) is 7.86. The van der Waals surface area contributed by atoms with E-state index in [0.717, 1.165) is 19.4 Å². The fourth-order valence-electron chi connectivity index (χ4n) is 2.84. The van der Waals surface area contributed by atoms with E-state index >= 15 is 0 Å². The quantitative estimate of drug-likeness (QED) is 0.798. The van der Waals surface area contributed by atoms with E-state index in [-0.39, 0.29) is 23.3 Å². The lowest BCUT2D eigenvalue weighted by Crippen LogP contribution is -2.53. The van der Waals surface area contributed by atoms with Gasteiger partial charge in [-0.3, -0.25) is 9.59 Å². The van der Waals surface area contributed by atoms with Crippen LogP contribution in [0.25, 0.3) is 0 Å². The number of piperidine rings is 1. The van der Waals surface area contributed by atoms with Crippen molar-refractivity contribution in [2.45, 2.75) is 39.7 Å². The molecule has 1 fully saturated rings. The zero-order valence-corrected chi connectivity index (χ0v) is 13.5. The molecule has 0 bridgehead atoms. The summed E-state index contributed by atoms with van der Waals surface area (Å²) in [5, 5.41) is 8.98. The van der Waals surface area contributed by atoms with E-state index < -0.39 is 0 Å². The zero-order chi connectivity index (χ0) is 16.2. The third-order valence-corrected chi connectivity index (χ3v) is 4.14. The Morgan fingerprint density at radius 2 is 1.95 bits per heavy atom. The monoisotopic (exact) mass is 303 g/mol. The SMILES string of the molecule is CCNC(=O)c1ccc(NC(=O)C2NCCCC2(C)C)cc1. The molecule has 1 aliphatic rings. The Morgan fingerprint density at radius 1 is 1.27 bits per heavy atom. The highest BCUT2D eigenvalue weighted by Crippen LogP contribution is 2.30. The largest absolute Gasteiger partial charge is 0.352 e. The molecule has 3 N–H and O–H groups in total. The smallest absolute Gasteiger partial charge is 0.251 e. The van der Waals surface area contributed by atoms with Gasteiger partial charge in [0.25, 0.3) is 5.91 Å². The third kappa shape index (κ3) is 3.85. The van der Waals surface area contributed by atoms with Gasteiger partial charge in [0.2, 0.25) is 5.91 Å². The lowest BCUT2D eigenvalue weighted by molar-refractivity contribution is -0.121. The third-order valence-electron chi connectivity index (χ3n) is 4.14. The van der Waals surface area contributed by atoms with E-state index in [0.29, 0.717) is 17.8 Å². The summed E-state index contributed by atoms with van der Waals surface area (Å²) in [7, 11) is 0. The number of carbonyl (C=O) groups excluding carboxylic acids is 2. The van der Waals surface area contributed by atoms with Crippen LogP contribution in [0.5, 0.6) is 0 Å². The van der Waals surface area contributed by atoms with Gasteiger partial charge in [-0.25, -0.2) is 0 Å². The van der Waals surface area contributed by atoms with Gasteiger partial charge in [-0.05, 0) is 56.0 Å². The Balaban J connectivity index is 2.01. The minimum atomic E-state index is -0.190. The molecule has 0 radical (unpaired) electrons. The number of benzene rings is 1. The van der Waals surface area contributed by atoms with E-state index in [1.165, 1.54) is 0 Å². The maximum Gasteiger partial charge on any atom is 0.251 e. The fourth-order valence-corrected chi connectivity index (χ4v) is 2.84. The molecule has 0 saturated carbocycles. The minimum absolute atomic E-state index is 0.0181. The first kappa shape index (κ1) is 16.5. The predicted molar refractivity (Wildman–Crippen MR) is 87.9 cm³/mol. The van der Waals surface area contributed by atoms with Crippen molar-refractivity contribution in [3.8, 4) is 0 Å². The second-order valence-corrected chi connectivity index (χ2v) is 6.41. The van der Waals surface area contributed by atoms with Crippen LogP contribution in [0.15, 0.2) is 24.3 Å². The van der Waals surface area contributed by atoms with Crippen LogP contribution in [0.3, 0.4) is 0 Å². The van der Waals surface area contributed by atoms with Gasteiger partial charge in [-0.2, -0.15) is 0 Å². The number of amides is 2. The van der Waals surface area contributed by atoms with Crippen molar-refractivity contribution >= 4 is 17.5 Å². The number of hydrogen-bond donors (Lipinski definition) is 3. The summed E-state index contributed by atoms with van der Waals surface area (Å²) >= 11 is 0. The van der Waals surface area contributed by atoms with Gasteiger partial charge < -0.3 is 16.0 Å². The summed E-state index contributed by atoms with van der Waals surface area (Å²) in [6.45, 7) is 7.58. The summed E-state index contributed by atoms with van der Waals surface area (Å²) < 4.78 is 0. The van der Waals surface area contributed by atoms with Crippen molar-refractivity contribution in [1.29, 1.82) is 0 Å². The summed E-state index contributed by atoms with van der Waals surface area (Å²) in [5.41, 5.74) is 1.25. The Morgan fingerprint density at radius 3 is 2.55 bits per heavy atom. The van der Waals surface area contributed by atoms with Crippen molar-refractivity contribution in [1.82, 2.24) is 10.6 Å². The average Bonchev–Trinajstić information content (AvgIpc) is 2.47. The molecular weight excluding hydrogens is 278 g/mol. The first-order chi connectivity index (χ1) is 10.4. The number of anilines is 1. The molecule has 0 aliphatic carbocycles. The van der Waals surface area contributed by atoms with Crippen LogP contribution >= 0.6 is 0 Å². The second kappa shape index (κ2) is 6.92. The summed E-state index contributed by atoms with van der Waals surface area (Å²) in [4.78, 5) is 24.2. The molecule has 22 heavy (non-hydrogen) atoms. The molecule has 1 aromatic rings. The number of nitrogens with one attached hydrogen (secondary N) is 3. The minimum Gasteiger partial charge on any atom is -0.352 e. The standard InChI is InChI=1S/C17H25N3O2/c1-4-18-15(21)12-6-8-13(9-7-12)20-16(22)14-17(2,3)10-5-11-19-14/h6-9,14,19H,4-5,10-11H2,1-3H3,(H,18,21)(H,20,22). The highest BCUT2D eigenvalue weighted by atomic mass is 16.2. The maximum atomic E-state index is 12.5. The summed E-state index contributed by atoms with van der Waals surface area (Å²) in [6, 6.07) is 6.78. The normalized spacial score (nSPS) is 20.2. The predicted octanol–water partition coefficient (Wildman–Crippen LogP) is 2.15. The van der Waals surface area contributed by atoms with Gasteiger partial charge in [-0.15, -0.1) is 0 Å². The Labute approximate surface area is 131 Å². The lowest BCUT2D eigenvalue weighted by Gasteiger charge is -2.38. The van der Waals surface area contributed by atoms with Crippen molar-refractivity contribution < 1.29 is 9.59 Å². The van der Waals surface area contributed by atoms with E-state index in [2.05, 4.69) is 29.8 Å². The van der Waals surface area contributed by atoms with Crippen LogP contribution < -0.4 is 16.0 Å². The van der Waals surface area contributed by atoms with Gasteiger partial charge in [0.15, 0.2) is 0 Å². The number of hydrogen-bond acceptors (Lipinski definition) is 3. The van der Waals surface area contributed by atoms with Crippen molar-refractivity contribution in [3.05, 3.63) is 29.8 Å². The fraction of sp³-hybridized carbons (Fsp3) is 0.529. The van der Waals surface area contributed by atoms with Gasteiger partial charge in [0.1, 0.15) is 0 Å². The molecule has 120 valence electrons. The van der Waals surface area contributed by atoms with Gasteiger partial charge in [0, 0.05) is 17.8 Å². The van der Waals surface area contributed by atoms with E-state index in [1.807, 2.05) is 6.92 Å². The highest BCUT2D eigenvalue weighted by Gasteiger charge is 2.37. The molecule has 1 aromatic carbocycles. The van der Waals surface area contributed by atoms with Crippen LogP contribution in [0, 0.1) is 5.41 Å². The van der Waals surface area contributed by atoms with Gasteiger partial charge in [-0.1, -0.05) is 13.8 Å². The Hall–Kier alpha value is -1.88. The van der Waals surface area contributed by atoms with E-state index in [4.69, 9.17) is 0 Å². The van der Waals surface area contributed by atoms with Gasteiger partial charge in [0.05, 0.1) is 6.04 Å². The molecule has 2 rings (SSSR count). The molecule has 1 heterocycles. The lowest BCUT2D eigenvalue weighted by atomic mass is 9.77. The Bertz CT molecular complexity index is 537. The number of rotatable bonds is 4. The van der Waals surface area contributed by atoms with Crippen LogP contribution in [0.2, 0.25) is 0 Å². The van der Waals surface area contributed by atoms with E-state index in [1.54, 1.807) is 24.3 Å². The molecule has 5 heteroatoms. The average molecular weight is 303 g/mol. The molecule has 0 spiro atoms. The maximum absolute atomic E-state index is 12.5. The number of carbonyl (C=O) groups is 2. The molecule has 1 unspecified atom stereocenters. The first-order valence-corrected chi connectivity index (χ1v) is 7.86. The van der Waals surface area contributed by atoms with Crippen molar-refractivity contribution in [2.24, 2.45) is 5.41 Å². The second-order valence-electron chi connectivity index (χ2n) is 6.41. The molecule has 1 aliphatic heterocycles. The molecule has 1 saturated heterocycles. The van der Waals surface area contributed by atoms with Crippen LogP contribution in [0.1, 0.15) is 44.0 Å². The van der Waals surface area contributed by atoms with E-state index in [9.17, 15) is 9.59 Å². The van der Waals surface area contributed by atoms with Crippen LogP contribution in [-0.4, -0.2) is 30.9 Å². The topological polar surface area (TPSA) is 70.2 Å². The summed E-state index contributed by atoms with van der Waals surface area (Å²) in [6.07, 6.45) is 2.13. The molecular formula is C17H25N3O2. The molecule has 0 aromatic heterocycles. The van der Waals surface area contributed by atoms with Crippen molar-refractivity contribution in [3.63, 3.8) is 0 Å². The Kier molecular flexibility index (Phi) is 5.19. The van der Waals surface area contributed by atoms with Gasteiger partial charge >= 0.3 is 0 Å².